The minimum absolute atomic E-state index is 0.185. The molecule has 1 heterocycles. The van der Waals surface area contributed by atoms with Gasteiger partial charge in [-0.2, -0.15) is 0 Å². The van der Waals surface area contributed by atoms with Crippen LogP contribution in [0.3, 0.4) is 0 Å². The fourth-order valence-corrected chi connectivity index (χ4v) is 1.87. The van der Waals surface area contributed by atoms with Crippen LogP contribution in [0.4, 0.5) is 11.5 Å². The average molecular weight is 298 g/mol. The Hall–Kier alpha value is -2.43. The molecule has 116 valence electrons. The summed E-state index contributed by atoms with van der Waals surface area (Å²) in [6.45, 7) is 6.94. The summed E-state index contributed by atoms with van der Waals surface area (Å²) in [5.41, 5.74) is 2.47. The molecular weight excluding hydrogens is 276 g/mol. The minimum atomic E-state index is -0.185. The fraction of sp³-hybridized carbons (Fsp3) is 0.353. The molecule has 0 saturated carbocycles. The summed E-state index contributed by atoms with van der Waals surface area (Å²) in [4.78, 5) is 11.9. The second-order valence-corrected chi connectivity index (χ2v) is 5.73. The summed E-state index contributed by atoms with van der Waals surface area (Å²) in [5, 5.41) is 14.0. The average Bonchev–Trinajstić information content (AvgIpc) is 2.50. The number of carbonyl (C=O) groups excluding carboxylic acids is 1. The smallest absolute Gasteiger partial charge is 0.271 e. The molecule has 2 aromatic rings. The highest BCUT2D eigenvalue weighted by molar-refractivity contribution is 5.92. The molecule has 1 aromatic carbocycles. The molecule has 0 aliphatic carbocycles. The highest BCUT2D eigenvalue weighted by atomic mass is 16.1. The van der Waals surface area contributed by atoms with Gasteiger partial charge in [0.15, 0.2) is 11.5 Å². The number of benzene rings is 1. The molecule has 22 heavy (non-hydrogen) atoms. The van der Waals surface area contributed by atoms with Crippen molar-refractivity contribution >= 4 is 17.4 Å². The van der Waals surface area contributed by atoms with Crippen molar-refractivity contribution in [3.8, 4) is 0 Å². The lowest BCUT2D eigenvalue weighted by molar-refractivity contribution is 0.0946. The fourth-order valence-electron chi connectivity index (χ4n) is 1.87. The van der Waals surface area contributed by atoms with E-state index in [-0.39, 0.29) is 5.91 Å². The Morgan fingerprint density at radius 3 is 2.41 bits per heavy atom. The van der Waals surface area contributed by atoms with E-state index in [0.29, 0.717) is 24.0 Å². The van der Waals surface area contributed by atoms with Crippen LogP contribution < -0.4 is 10.6 Å². The van der Waals surface area contributed by atoms with E-state index < -0.39 is 0 Å². The predicted molar refractivity (Wildman–Crippen MR) is 88.3 cm³/mol. The Morgan fingerprint density at radius 1 is 1.09 bits per heavy atom. The van der Waals surface area contributed by atoms with E-state index in [1.165, 1.54) is 5.56 Å². The van der Waals surface area contributed by atoms with Crippen LogP contribution in [0, 0.1) is 12.8 Å². The van der Waals surface area contributed by atoms with Gasteiger partial charge in [0.25, 0.3) is 5.91 Å². The first kappa shape index (κ1) is 15.9. The SMILES string of the molecule is Cc1ccc(Nc2ccc(C(=O)NCCC(C)C)nn2)cc1. The Balaban J connectivity index is 1.92. The number of hydrogen-bond donors (Lipinski definition) is 2. The van der Waals surface area contributed by atoms with Gasteiger partial charge >= 0.3 is 0 Å². The van der Waals surface area contributed by atoms with Crippen molar-refractivity contribution < 1.29 is 4.79 Å². The first-order chi connectivity index (χ1) is 10.5. The standard InChI is InChI=1S/C17H22N4O/c1-12(2)10-11-18-17(22)15-8-9-16(21-20-15)19-14-6-4-13(3)5-7-14/h4-9,12H,10-11H2,1-3H3,(H,18,22)(H,19,21). The minimum Gasteiger partial charge on any atom is -0.351 e. The summed E-state index contributed by atoms with van der Waals surface area (Å²) in [6, 6.07) is 11.4. The van der Waals surface area contributed by atoms with Gasteiger partial charge in [-0.05, 0) is 43.5 Å². The van der Waals surface area contributed by atoms with Gasteiger partial charge in [-0.3, -0.25) is 4.79 Å². The molecule has 0 aliphatic heterocycles. The number of amides is 1. The molecule has 5 heteroatoms. The summed E-state index contributed by atoms with van der Waals surface area (Å²) in [7, 11) is 0. The zero-order chi connectivity index (χ0) is 15.9. The maximum absolute atomic E-state index is 11.9. The Morgan fingerprint density at radius 2 is 1.82 bits per heavy atom. The van der Waals surface area contributed by atoms with Gasteiger partial charge in [-0.1, -0.05) is 31.5 Å². The lowest BCUT2D eigenvalue weighted by Crippen LogP contribution is -2.26. The number of aromatic nitrogens is 2. The van der Waals surface area contributed by atoms with Crippen molar-refractivity contribution in [3.63, 3.8) is 0 Å². The zero-order valence-corrected chi connectivity index (χ0v) is 13.3. The van der Waals surface area contributed by atoms with E-state index in [0.717, 1.165) is 12.1 Å². The van der Waals surface area contributed by atoms with Crippen LogP contribution in [0.15, 0.2) is 36.4 Å². The number of nitrogens with one attached hydrogen (secondary N) is 2. The third-order valence-corrected chi connectivity index (χ3v) is 3.23. The van der Waals surface area contributed by atoms with Gasteiger partial charge in [0.2, 0.25) is 0 Å². The normalized spacial score (nSPS) is 10.5. The second kappa shape index (κ2) is 7.54. The maximum atomic E-state index is 11.9. The van der Waals surface area contributed by atoms with Crippen molar-refractivity contribution in [2.75, 3.05) is 11.9 Å². The molecule has 0 aliphatic rings. The van der Waals surface area contributed by atoms with Crippen molar-refractivity contribution in [3.05, 3.63) is 47.7 Å². The molecular formula is C17H22N4O. The molecule has 0 spiro atoms. The number of aryl methyl sites for hydroxylation is 1. The van der Waals surface area contributed by atoms with Crippen LogP contribution in [-0.4, -0.2) is 22.6 Å². The molecule has 5 nitrogen and oxygen atoms in total. The van der Waals surface area contributed by atoms with Crippen LogP contribution in [-0.2, 0) is 0 Å². The molecule has 0 saturated heterocycles. The van der Waals surface area contributed by atoms with Crippen molar-refractivity contribution in [2.24, 2.45) is 5.92 Å². The van der Waals surface area contributed by atoms with E-state index >= 15 is 0 Å². The number of rotatable bonds is 6. The molecule has 0 fully saturated rings. The van der Waals surface area contributed by atoms with E-state index in [4.69, 9.17) is 0 Å². The number of carbonyl (C=O) groups is 1. The van der Waals surface area contributed by atoms with E-state index in [9.17, 15) is 4.79 Å². The van der Waals surface area contributed by atoms with Gasteiger partial charge in [-0.15, -0.1) is 10.2 Å². The van der Waals surface area contributed by atoms with Crippen LogP contribution in [0.5, 0.6) is 0 Å². The molecule has 2 rings (SSSR count). The topological polar surface area (TPSA) is 66.9 Å². The third-order valence-electron chi connectivity index (χ3n) is 3.23. The van der Waals surface area contributed by atoms with Crippen molar-refractivity contribution in [1.29, 1.82) is 0 Å². The van der Waals surface area contributed by atoms with Gasteiger partial charge in [0.1, 0.15) is 0 Å². The van der Waals surface area contributed by atoms with Gasteiger partial charge in [-0.25, -0.2) is 0 Å². The summed E-state index contributed by atoms with van der Waals surface area (Å²) in [6.07, 6.45) is 0.951. The van der Waals surface area contributed by atoms with Crippen LogP contribution in [0.25, 0.3) is 0 Å². The first-order valence-corrected chi connectivity index (χ1v) is 7.50. The van der Waals surface area contributed by atoms with Crippen molar-refractivity contribution in [1.82, 2.24) is 15.5 Å². The molecule has 1 aromatic heterocycles. The second-order valence-electron chi connectivity index (χ2n) is 5.73. The van der Waals surface area contributed by atoms with Crippen molar-refractivity contribution in [2.45, 2.75) is 27.2 Å². The zero-order valence-electron chi connectivity index (χ0n) is 13.3. The van der Waals surface area contributed by atoms with Crippen LogP contribution in [0.1, 0.15) is 36.3 Å². The maximum Gasteiger partial charge on any atom is 0.271 e. The number of hydrogen-bond acceptors (Lipinski definition) is 4. The monoisotopic (exact) mass is 298 g/mol. The largest absolute Gasteiger partial charge is 0.351 e. The number of anilines is 2. The number of nitrogens with zero attached hydrogens (tertiary/aromatic N) is 2. The Bertz CT molecular complexity index is 606. The van der Waals surface area contributed by atoms with E-state index in [2.05, 4.69) is 34.7 Å². The first-order valence-electron chi connectivity index (χ1n) is 7.50. The van der Waals surface area contributed by atoms with Crippen LogP contribution >= 0.6 is 0 Å². The highest BCUT2D eigenvalue weighted by Gasteiger charge is 2.08. The molecule has 0 atom stereocenters. The molecule has 2 N–H and O–H groups in total. The van der Waals surface area contributed by atoms with Crippen LogP contribution in [0.2, 0.25) is 0 Å². The molecule has 0 radical (unpaired) electrons. The molecule has 0 unspecified atom stereocenters. The summed E-state index contributed by atoms with van der Waals surface area (Å²) in [5.74, 6) is 0.991. The van der Waals surface area contributed by atoms with Gasteiger partial charge in [0.05, 0.1) is 0 Å². The third kappa shape index (κ3) is 4.84. The Kier molecular flexibility index (Phi) is 5.47. The molecule has 1 amide bonds. The lowest BCUT2D eigenvalue weighted by atomic mass is 10.1. The Labute approximate surface area is 131 Å². The summed E-state index contributed by atoms with van der Waals surface area (Å²) >= 11 is 0. The van der Waals surface area contributed by atoms with Gasteiger partial charge in [0, 0.05) is 12.2 Å². The van der Waals surface area contributed by atoms with E-state index in [1.54, 1.807) is 12.1 Å². The molecule has 0 bridgehead atoms. The van der Waals surface area contributed by atoms with Gasteiger partial charge < -0.3 is 10.6 Å². The predicted octanol–water partition coefficient (Wildman–Crippen LogP) is 3.30. The highest BCUT2D eigenvalue weighted by Crippen LogP contribution is 2.14. The van der Waals surface area contributed by atoms with E-state index in [1.807, 2.05) is 31.2 Å². The summed E-state index contributed by atoms with van der Waals surface area (Å²) < 4.78 is 0. The quantitative estimate of drug-likeness (QED) is 0.858. The lowest BCUT2D eigenvalue weighted by Gasteiger charge is -2.07.